The highest BCUT2D eigenvalue weighted by Gasteiger charge is 2.36. The minimum atomic E-state index is -1.28. The minimum Gasteiger partial charge on any atom is -0.480 e. The highest BCUT2D eigenvalue weighted by molar-refractivity contribution is 5.85. The Labute approximate surface area is 113 Å². The van der Waals surface area contributed by atoms with Gasteiger partial charge in [-0.15, -0.1) is 0 Å². The maximum absolute atomic E-state index is 12.1. The Morgan fingerprint density at radius 2 is 1.79 bits per heavy atom. The Bertz CT molecular complexity index is 344. The molecule has 0 heterocycles. The van der Waals surface area contributed by atoms with Crippen molar-refractivity contribution in [3.63, 3.8) is 0 Å². The van der Waals surface area contributed by atoms with Crippen LogP contribution in [0.1, 0.15) is 46.0 Å². The van der Waals surface area contributed by atoms with Crippen molar-refractivity contribution in [2.45, 2.75) is 63.6 Å². The Balaban J connectivity index is 2.65. The van der Waals surface area contributed by atoms with Crippen molar-refractivity contribution in [3.05, 3.63) is 0 Å². The molecule has 2 amide bonds. The van der Waals surface area contributed by atoms with E-state index in [0.717, 1.165) is 30.6 Å². The van der Waals surface area contributed by atoms with Gasteiger partial charge in [0.1, 0.15) is 5.54 Å². The normalized spacial score (nSPS) is 24.4. The van der Waals surface area contributed by atoms with Crippen LogP contribution in [0.4, 0.5) is 4.79 Å². The predicted molar refractivity (Wildman–Crippen MR) is 70.9 cm³/mol. The number of carboxylic acid groups (broad SMARTS) is 1. The molecule has 6 heteroatoms. The second-order valence-electron chi connectivity index (χ2n) is 5.68. The fraction of sp³-hybridized carbons (Fsp3) is 0.846. The lowest BCUT2D eigenvalue weighted by Crippen LogP contribution is -2.57. The SMILES string of the molecule is CN(C(=O)NC1CCCCCC1O)C(C)(C)C(=O)O. The number of aliphatic carboxylic acids is 1. The lowest BCUT2D eigenvalue weighted by molar-refractivity contribution is -0.146. The van der Waals surface area contributed by atoms with Crippen LogP contribution in [0.5, 0.6) is 0 Å². The molecule has 2 atom stereocenters. The van der Waals surface area contributed by atoms with E-state index in [-0.39, 0.29) is 6.04 Å². The lowest BCUT2D eigenvalue weighted by Gasteiger charge is -2.33. The second kappa shape index (κ2) is 6.23. The molecule has 1 aliphatic carbocycles. The highest BCUT2D eigenvalue weighted by atomic mass is 16.4. The van der Waals surface area contributed by atoms with E-state index in [4.69, 9.17) is 5.11 Å². The largest absolute Gasteiger partial charge is 0.480 e. The van der Waals surface area contributed by atoms with E-state index < -0.39 is 23.6 Å². The van der Waals surface area contributed by atoms with Crippen LogP contribution in [-0.4, -0.2) is 51.8 Å². The maximum Gasteiger partial charge on any atom is 0.329 e. The van der Waals surface area contributed by atoms with Gasteiger partial charge in [0.25, 0.3) is 0 Å². The van der Waals surface area contributed by atoms with Gasteiger partial charge in [0, 0.05) is 7.05 Å². The van der Waals surface area contributed by atoms with Gasteiger partial charge in [-0.3, -0.25) is 0 Å². The van der Waals surface area contributed by atoms with E-state index in [9.17, 15) is 14.7 Å². The van der Waals surface area contributed by atoms with Gasteiger partial charge in [-0.2, -0.15) is 0 Å². The maximum atomic E-state index is 12.1. The first-order valence-electron chi connectivity index (χ1n) is 6.72. The van der Waals surface area contributed by atoms with Crippen molar-refractivity contribution >= 4 is 12.0 Å². The first-order chi connectivity index (χ1) is 8.76. The molecule has 1 rings (SSSR count). The van der Waals surface area contributed by atoms with Gasteiger partial charge in [-0.1, -0.05) is 19.3 Å². The Morgan fingerprint density at radius 1 is 1.21 bits per heavy atom. The Hall–Kier alpha value is -1.30. The van der Waals surface area contributed by atoms with Crippen LogP contribution in [0.25, 0.3) is 0 Å². The van der Waals surface area contributed by atoms with E-state index in [2.05, 4.69) is 5.32 Å². The van der Waals surface area contributed by atoms with Gasteiger partial charge >= 0.3 is 12.0 Å². The van der Waals surface area contributed by atoms with E-state index >= 15 is 0 Å². The molecule has 0 radical (unpaired) electrons. The number of carbonyl (C=O) groups excluding carboxylic acids is 1. The monoisotopic (exact) mass is 272 g/mol. The molecule has 3 N–H and O–H groups in total. The third kappa shape index (κ3) is 3.83. The van der Waals surface area contributed by atoms with E-state index in [0.29, 0.717) is 6.42 Å². The van der Waals surface area contributed by atoms with Crippen LogP contribution < -0.4 is 5.32 Å². The van der Waals surface area contributed by atoms with Crippen molar-refractivity contribution in [2.24, 2.45) is 0 Å². The highest BCUT2D eigenvalue weighted by Crippen LogP contribution is 2.19. The first-order valence-corrected chi connectivity index (χ1v) is 6.72. The number of aliphatic hydroxyl groups excluding tert-OH is 1. The van der Waals surface area contributed by atoms with Crippen molar-refractivity contribution in [2.75, 3.05) is 7.05 Å². The number of amides is 2. The number of rotatable bonds is 3. The number of hydrogen-bond donors (Lipinski definition) is 3. The molecule has 0 aromatic heterocycles. The van der Waals surface area contributed by atoms with Crippen LogP contribution in [-0.2, 0) is 4.79 Å². The van der Waals surface area contributed by atoms with E-state index in [1.54, 1.807) is 0 Å². The zero-order valence-electron chi connectivity index (χ0n) is 11.8. The quantitative estimate of drug-likeness (QED) is 0.673. The van der Waals surface area contributed by atoms with Gasteiger partial charge in [0.05, 0.1) is 12.1 Å². The second-order valence-corrected chi connectivity index (χ2v) is 5.68. The molecular formula is C13H24N2O4. The summed E-state index contributed by atoms with van der Waals surface area (Å²) >= 11 is 0. The lowest BCUT2D eigenvalue weighted by atomic mass is 10.0. The molecule has 110 valence electrons. The molecule has 19 heavy (non-hydrogen) atoms. The predicted octanol–water partition coefficient (Wildman–Crippen LogP) is 1.18. The molecule has 0 spiro atoms. The number of urea groups is 1. The van der Waals surface area contributed by atoms with Gasteiger partial charge < -0.3 is 20.4 Å². The average molecular weight is 272 g/mol. The molecule has 0 saturated heterocycles. The van der Waals surface area contributed by atoms with Crippen molar-refractivity contribution < 1.29 is 19.8 Å². The Kier molecular flexibility index (Phi) is 5.17. The molecule has 0 aliphatic heterocycles. The third-order valence-electron chi connectivity index (χ3n) is 3.95. The number of carboxylic acids is 1. The number of hydrogen-bond acceptors (Lipinski definition) is 3. The summed E-state index contributed by atoms with van der Waals surface area (Å²) in [5.41, 5.74) is -1.28. The molecule has 0 bridgehead atoms. The summed E-state index contributed by atoms with van der Waals surface area (Å²) < 4.78 is 0. The number of likely N-dealkylation sites (N-methyl/N-ethyl adjacent to an activating group) is 1. The average Bonchev–Trinajstić information content (AvgIpc) is 2.53. The van der Waals surface area contributed by atoms with Crippen LogP contribution in [0.2, 0.25) is 0 Å². The molecule has 6 nitrogen and oxygen atoms in total. The molecule has 0 aromatic rings. The van der Waals surface area contributed by atoms with Gasteiger partial charge in [0.2, 0.25) is 0 Å². The van der Waals surface area contributed by atoms with E-state index in [1.807, 2.05) is 0 Å². The van der Waals surface area contributed by atoms with Crippen molar-refractivity contribution in [1.82, 2.24) is 10.2 Å². The summed E-state index contributed by atoms with van der Waals surface area (Å²) in [5, 5.41) is 21.8. The summed E-state index contributed by atoms with van der Waals surface area (Å²) in [6, 6.07) is -0.750. The van der Waals surface area contributed by atoms with Gasteiger partial charge in [-0.05, 0) is 26.7 Å². The number of nitrogens with zero attached hydrogens (tertiary/aromatic N) is 1. The third-order valence-corrected chi connectivity index (χ3v) is 3.95. The Morgan fingerprint density at radius 3 is 2.37 bits per heavy atom. The molecule has 1 aliphatic rings. The zero-order valence-corrected chi connectivity index (χ0v) is 11.8. The smallest absolute Gasteiger partial charge is 0.329 e. The summed E-state index contributed by atoms with van der Waals surface area (Å²) in [4.78, 5) is 24.3. The number of nitrogens with one attached hydrogen (secondary N) is 1. The van der Waals surface area contributed by atoms with Gasteiger partial charge in [0.15, 0.2) is 0 Å². The van der Waals surface area contributed by atoms with Crippen molar-refractivity contribution in [3.8, 4) is 0 Å². The van der Waals surface area contributed by atoms with Crippen molar-refractivity contribution in [1.29, 1.82) is 0 Å². The summed E-state index contributed by atoms with van der Waals surface area (Å²) in [6.07, 6.45) is 3.84. The molecule has 2 unspecified atom stereocenters. The van der Waals surface area contributed by atoms with Crippen LogP contribution in [0.15, 0.2) is 0 Å². The fourth-order valence-electron chi connectivity index (χ4n) is 2.11. The summed E-state index contributed by atoms with van der Waals surface area (Å²) in [7, 11) is 1.45. The van der Waals surface area contributed by atoms with Crippen LogP contribution in [0, 0.1) is 0 Å². The standard InChI is InChI=1S/C13H24N2O4/c1-13(2,11(17)18)15(3)12(19)14-9-7-5-4-6-8-10(9)16/h9-10,16H,4-8H2,1-3H3,(H,14,19)(H,17,18). The molecule has 1 saturated carbocycles. The fourth-order valence-corrected chi connectivity index (χ4v) is 2.11. The molecule has 0 aromatic carbocycles. The van der Waals surface area contributed by atoms with Crippen LogP contribution >= 0.6 is 0 Å². The van der Waals surface area contributed by atoms with Crippen LogP contribution in [0.3, 0.4) is 0 Å². The minimum absolute atomic E-state index is 0.290. The molecular weight excluding hydrogens is 248 g/mol. The first kappa shape index (κ1) is 15.8. The summed E-state index contributed by atoms with van der Waals surface area (Å²) in [5.74, 6) is -1.06. The summed E-state index contributed by atoms with van der Waals surface area (Å²) in [6.45, 7) is 2.94. The number of aliphatic hydroxyl groups is 1. The van der Waals surface area contributed by atoms with E-state index in [1.165, 1.54) is 20.9 Å². The molecule has 1 fully saturated rings. The topological polar surface area (TPSA) is 89.9 Å². The number of carbonyl (C=O) groups is 2. The van der Waals surface area contributed by atoms with Gasteiger partial charge in [-0.25, -0.2) is 9.59 Å². The zero-order chi connectivity index (χ0) is 14.6.